The van der Waals surface area contributed by atoms with E-state index in [4.69, 9.17) is 32.4 Å². The van der Waals surface area contributed by atoms with E-state index in [1.54, 1.807) is 73.6 Å². The van der Waals surface area contributed by atoms with Crippen LogP contribution >= 0.6 is 46.4 Å². The van der Waals surface area contributed by atoms with Crippen molar-refractivity contribution in [2.24, 2.45) is 37.9 Å². The molecule has 64 heavy (non-hydrogen) atoms. The Morgan fingerprint density at radius 3 is 1.47 bits per heavy atom. The minimum atomic E-state index is -1.12. The van der Waals surface area contributed by atoms with Crippen molar-refractivity contribution in [3.63, 3.8) is 0 Å². The molecule has 2 aliphatic rings. The van der Waals surface area contributed by atoms with E-state index in [0.717, 1.165) is 27.8 Å². The molecule has 0 saturated carbocycles. The molecule has 3 aromatic carbocycles. The van der Waals surface area contributed by atoms with Crippen molar-refractivity contribution in [3.8, 4) is 11.5 Å². The molecule has 0 aliphatic carbocycles. The minimum absolute atomic E-state index is 0. The van der Waals surface area contributed by atoms with Gasteiger partial charge in [0, 0.05) is 48.8 Å². The SMILES string of the molecule is CN=C(N)N.COc1cccc(C(=O)C(=O)c2ccsc2)c1.COc1cccc(C2(c3ccsc3)N=C(N)N(C)C2=O)c1.Cc1cccc(C2(c3ccsc3)N=C(N)N(C)C2=O)c1.Cl. The van der Waals surface area contributed by atoms with E-state index in [1.165, 1.54) is 46.6 Å². The van der Waals surface area contributed by atoms with E-state index in [1.807, 2.05) is 89.1 Å². The molecule has 2 amide bonds. The number of guanidine groups is 3. The molecule has 0 fully saturated rings. The summed E-state index contributed by atoms with van der Waals surface area (Å²) in [5, 5.41) is 11.2. The molecular weight excluding hydrogens is 894 g/mol. The molecule has 6 aromatic rings. The lowest BCUT2D eigenvalue weighted by Gasteiger charge is -2.25. The van der Waals surface area contributed by atoms with Crippen molar-refractivity contribution in [2.45, 2.75) is 18.0 Å². The Morgan fingerprint density at radius 1 is 0.625 bits per heavy atom. The highest BCUT2D eigenvalue weighted by Gasteiger charge is 2.51. The number of ether oxygens (including phenoxy) is 2. The molecular formula is C45H48ClN9O6S3. The second kappa shape index (κ2) is 22.0. The van der Waals surface area contributed by atoms with E-state index in [2.05, 4.69) is 15.0 Å². The quantitative estimate of drug-likeness (QED) is 0.0571. The first-order valence-corrected chi connectivity index (χ1v) is 21.7. The van der Waals surface area contributed by atoms with E-state index >= 15 is 0 Å². The number of halogens is 1. The molecule has 2 aliphatic heterocycles. The number of aliphatic imine (C=N–C) groups is 3. The van der Waals surface area contributed by atoms with Crippen LogP contribution in [0.3, 0.4) is 0 Å². The zero-order valence-corrected chi connectivity index (χ0v) is 39.0. The molecule has 334 valence electrons. The maximum atomic E-state index is 12.8. The summed E-state index contributed by atoms with van der Waals surface area (Å²) in [6.07, 6.45) is 0. The number of carbonyl (C=O) groups excluding carboxylic acids is 4. The van der Waals surface area contributed by atoms with Gasteiger partial charge in [-0.2, -0.15) is 34.0 Å². The predicted octanol–water partition coefficient (Wildman–Crippen LogP) is 6.01. The number of methoxy groups -OCH3 is 2. The number of nitrogens with two attached hydrogens (primary N) is 4. The Bertz CT molecular complexity index is 2650. The summed E-state index contributed by atoms with van der Waals surface area (Å²) in [4.78, 5) is 64.5. The van der Waals surface area contributed by atoms with Crippen LogP contribution in [-0.2, 0) is 20.7 Å². The van der Waals surface area contributed by atoms with Gasteiger partial charge in [0.05, 0.1) is 14.2 Å². The summed E-state index contributed by atoms with van der Waals surface area (Å²) < 4.78 is 10.3. The first-order chi connectivity index (χ1) is 30.1. The fourth-order valence-electron chi connectivity index (χ4n) is 6.45. The van der Waals surface area contributed by atoms with Crippen LogP contribution in [0.25, 0.3) is 0 Å². The first kappa shape index (κ1) is 49.8. The first-order valence-electron chi connectivity index (χ1n) is 18.9. The maximum Gasteiger partial charge on any atom is 0.266 e. The molecule has 2 atom stereocenters. The zero-order valence-electron chi connectivity index (χ0n) is 35.8. The Hall–Kier alpha value is -6.86. The lowest BCUT2D eigenvalue weighted by Crippen LogP contribution is -2.40. The van der Waals surface area contributed by atoms with E-state index in [9.17, 15) is 19.2 Å². The van der Waals surface area contributed by atoms with Crippen molar-refractivity contribution in [2.75, 3.05) is 35.4 Å². The number of thiophene rings is 3. The van der Waals surface area contributed by atoms with Crippen LogP contribution in [0.15, 0.2) is 138 Å². The third-order valence-electron chi connectivity index (χ3n) is 9.86. The van der Waals surface area contributed by atoms with Gasteiger partial charge in [-0.3, -0.25) is 34.0 Å². The monoisotopic (exact) mass is 941 g/mol. The molecule has 0 spiro atoms. The molecule has 0 bridgehead atoms. The number of hydrogen-bond donors (Lipinski definition) is 4. The summed E-state index contributed by atoms with van der Waals surface area (Å²) >= 11 is 4.46. The number of rotatable bonds is 9. The van der Waals surface area contributed by atoms with Gasteiger partial charge in [-0.1, -0.05) is 54.1 Å². The Kier molecular flexibility index (Phi) is 17.1. The standard InChI is InChI=1S/C15H15N3O2S.C15H15N3OS.C13H10O3S.C2H7N3.ClH/c1-18-13(19)15(17-14(18)16,11-6-7-21-9-11)10-4-3-5-12(8-10)20-2;1-10-4-3-5-11(8-10)15(12-6-7-20-9-12)13(19)18(2)14(16)17-15;1-16-11-4-2-3-9(7-11)12(14)13(15)10-5-6-17-8-10;1-5-2(3)4;/h3-9H,1-2H3,(H2,16,17);3-9H,1-2H3,(H2,16,17);2-8H,1H3;1H3,(H4,3,4,5);1H. The smallest absolute Gasteiger partial charge is 0.266 e. The van der Waals surface area contributed by atoms with Crippen molar-refractivity contribution >= 4 is 87.7 Å². The van der Waals surface area contributed by atoms with Crippen LogP contribution in [0.1, 0.15) is 48.5 Å². The molecule has 15 nitrogen and oxygen atoms in total. The van der Waals surface area contributed by atoms with Crippen molar-refractivity contribution in [1.29, 1.82) is 0 Å². The van der Waals surface area contributed by atoms with Gasteiger partial charge < -0.3 is 32.4 Å². The van der Waals surface area contributed by atoms with Gasteiger partial charge in [0.15, 0.2) is 29.0 Å². The number of Topliss-reactive ketones (excluding diaryl/α,β-unsaturated/α-hetero) is 2. The summed E-state index contributed by atoms with van der Waals surface area (Å²) in [6, 6.07) is 27.3. The minimum Gasteiger partial charge on any atom is -0.497 e. The summed E-state index contributed by atoms with van der Waals surface area (Å²) in [7, 11) is 7.94. The number of carbonyl (C=O) groups is 4. The van der Waals surface area contributed by atoms with Crippen LogP contribution in [0.5, 0.6) is 11.5 Å². The summed E-state index contributed by atoms with van der Waals surface area (Å²) in [6.45, 7) is 2.00. The third kappa shape index (κ3) is 10.5. The van der Waals surface area contributed by atoms with E-state index in [-0.39, 0.29) is 42.1 Å². The average Bonchev–Trinajstić information content (AvgIpc) is 4.18. The number of amides is 2. The molecule has 19 heteroatoms. The van der Waals surface area contributed by atoms with Crippen molar-refractivity contribution in [1.82, 2.24) is 9.80 Å². The Morgan fingerprint density at radius 2 is 1.06 bits per heavy atom. The predicted molar refractivity (Wildman–Crippen MR) is 258 cm³/mol. The largest absolute Gasteiger partial charge is 0.497 e. The number of nitrogens with zero attached hydrogens (tertiary/aromatic N) is 5. The molecule has 2 unspecified atom stereocenters. The van der Waals surface area contributed by atoms with Gasteiger partial charge >= 0.3 is 0 Å². The molecule has 8 rings (SSSR count). The van der Waals surface area contributed by atoms with Crippen molar-refractivity contribution in [3.05, 3.63) is 162 Å². The number of aryl methyl sites for hydroxylation is 1. The van der Waals surface area contributed by atoms with Crippen molar-refractivity contribution < 1.29 is 28.7 Å². The van der Waals surface area contributed by atoms with Gasteiger partial charge in [0.1, 0.15) is 11.5 Å². The van der Waals surface area contributed by atoms with Gasteiger partial charge in [0.2, 0.25) is 11.6 Å². The second-order valence-electron chi connectivity index (χ2n) is 13.8. The highest BCUT2D eigenvalue weighted by Crippen LogP contribution is 2.42. The number of benzene rings is 3. The normalized spacial score (nSPS) is 17.2. The summed E-state index contributed by atoms with van der Waals surface area (Å²) in [5.74, 6) is 0.571. The Labute approximate surface area is 389 Å². The van der Waals surface area contributed by atoms with Crippen LogP contribution in [0.4, 0.5) is 0 Å². The molecule has 3 aromatic heterocycles. The highest BCUT2D eigenvalue weighted by atomic mass is 35.5. The topological polar surface area (TPSA) is 234 Å². The fourth-order valence-corrected chi connectivity index (χ4v) is 8.48. The zero-order chi connectivity index (χ0) is 45.9. The van der Waals surface area contributed by atoms with E-state index < -0.39 is 22.6 Å². The maximum absolute atomic E-state index is 12.8. The summed E-state index contributed by atoms with van der Waals surface area (Å²) in [5.41, 5.74) is 24.4. The molecule has 0 radical (unpaired) electrons. The molecule has 5 heterocycles. The van der Waals surface area contributed by atoms with Gasteiger partial charge in [0.25, 0.3) is 11.8 Å². The Balaban J connectivity index is 0.000000199. The average molecular weight is 943 g/mol. The van der Waals surface area contributed by atoms with Crippen LogP contribution in [0.2, 0.25) is 0 Å². The number of likely N-dealkylation sites (N-methyl/N-ethyl adjacent to an activating group) is 2. The van der Waals surface area contributed by atoms with Crippen LogP contribution in [-0.4, -0.2) is 86.4 Å². The van der Waals surface area contributed by atoms with Gasteiger partial charge in [-0.25, -0.2) is 9.98 Å². The lowest BCUT2D eigenvalue weighted by atomic mass is 9.84. The van der Waals surface area contributed by atoms with E-state index in [0.29, 0.717) is 22.6 Å². The highest BCUT2D eigenvalue weighted by molar-refractivity contribution is 7.08. The fraction of sp³-hybridized carbons (Fsp3) is 0.178. The van der Waals surface area contributed by atoms with Crippen LogP contribution in [0, 0.1) is 6.92 Å². The van der Waals surface area contributed by atoms with Gasteiger partial charge in [-0.05, 0) is 87.4 Å². The number of hydrogen-bond acceptors (Lipinski definition) is 14. The van der Waals surface area contributed by atoms with Gasteiger partial charge in [-0.15, -0.1) is 12.4 Å². The second-order valence-corrected chi connectivity index (χ2v) is 16.1. The third-order valence-corrected chi connectivity index (χ3v) is 11.9. The van der Waals surface area contributed by atoms with Crippen LogP contribution < -0.4 is 32.4 Å². The number of ketones is 2. The lowest BCUT2D eigenvalue weighted by molar-refractivity contribution is -0.130. The molecule has 8 N–H and O–H groups in total. The molecule has 0 saturated heterocycles.